The van der Waals surface area contributed by atoms with Crippen molar-refractivity contribution in [2.24, 2.45) is 0 Å². The van der Waals surface area contributed by atoms with Crippen molar-refractivity contribution in [3.05, 3.63) is 46.2 Å². The Bertz CT molecular complexity index is 453. The molecule has 1 atom stereocenters. The number of hydrogen-bond donors (Lipinski definition) is 1. The van der Waals surface area contributed by atoms with E-state index < -0.39 is 0 Å². The van der Waals surface area contributed by atoms with Crippen molar-refractivity contribution in [1.29, 1.82) is 0 Å². The summed E-state index contributed by atoms with van der Waals surface area (Å²) in [5.41, 5.74) is 1.05. The number of aryl methyl sites for hydroxylation is 1. The number of thiophene rings is 1. The minimum Gasteiger partial charge on any atom is -0.311 e. The molecule has 0 fully saturated rings. The molecule has 3 nitrogen and oxygen atoms in total. The maximum absolute atomic E-state index is 4.30. The monoisotopic (exact) mass is 247 g/mol. The van der Waals surface area contributed by atoms with Gasteiger partial charge in [0.25, 0.3) is 0 Å². The number of aromatic nitrogens is 2. The summed E-state index contributed by atoms with van der Waals surface area (Å²) in [6.45, 7) is 2.19. The Hall–Kier alpha value is -1.26. The van der Waals surface area contributed by atoms with Crippen molar-refractivity contribution in [3.8, 4) is 0 Å². The number of nitrogens with zero attached hydrogens (tertiary/aromatic N) is 2. The van der Waals surface area contributed by atoms with Gasteiger partial charge >= 0.3 is 0 Å². The smallest absolute Gasteiger partial charge is 0.115 e. The molecule has 0 radical (unpaired) electrons. The largest absolute Gasteiger partial charge is 0.311 e. The third kappa shape index (κ3) is 3.11. The molecule has 1 unspecified atom stereocenters. The zero-order chi connectivity index (χ0) is 12.1. The molecule has 0 aliphatic heterocycles. The van der Waals surface area contributed by atoms with Gasteiger partial charge in [0.1, 0.15) is 6.33 Å². The third-order valence-electron chi connectivity index (χ3n) is 2.78. The van der Waals surface area contributed by atoms with Crippen LogP contribution in [0.2, 0.25) is 0 Å². The highest BCUT2D eigenvalue weighted by Gasteiger charge is 2.12. The maximum Gasteiger partial charge on any atom is 0.115 e. The van der Waals surface area contributed by atoms with E-state index in [1.807, 2.05) is 24.5 Å². The summed E-state index contributed by atoms with van der Waals surface area (Å²) < 4.78 is 0. The van der Waals surface area contributed by atoms with Crippen molar-refractivity contribution in [1.82, 2.24) is 15.3 Å². The van der Waals surface area contributed by atoms with E-state index in [0.29, 0.717) is 0 Å². The highest BCUT2D eigenvalue weighted by molar-refractivity contribution is 7.11. The Morgan fingerprint density at radius 1 is 1.29 bits per heavy atom. The summed E-state index contributed by atoms with van der Waals surface area (Å²) in [5, 5.41) is 3.31. The predicted octanol–water partition coefficient (Wildman–Crippen LogP) is 2.60. The SMILES string of the molecule is CCc1ccc(CC(NC)c2ccncn2)s1. The van der Waals surface area contributed by atoms with Gasteiger partial charge in [-0.3, -0.25) is 0 Å². The quantitative estimate of drug-likeness (QED) is 0.882. The lowest BCUT2D eigenvalue weighted by Gasteiger charge is -2.13. The summed E-state index contributed by atoms with van der Waals surface area (Å²) in [6.07, 6.45) is 5.49. The van der Waals surface area contributed by atoms with Crippen LogP contribution in [-0.4, -0.2) is 17.0 Å². The third-order valence-corrected chi connectivity index (χ3v) is 4.03. The number of hydrogen-bond acceptors (Lipinski definition) is 4. The molecule has 0 saturated heterocycles. The molecule has 0 spiro atoms. The molecular weight excluding hydrogens is 230 g/mol. The highest BCUT2D eigenvalue weighted by Crippen LogP contribution is 2.22. The lowest BCUT2D eigenvalue weighted by Crippen LogP contribution is -2.19. The number of rotatable bonds is 5. The molecule has 90 valence electrons. The van der Waals surface area contributed by atoms with E-state index in [2.05, 4.69) is 34.3 Å². The zero-order valence-corrected chi connectivity index (χ0v) is 11.0. The van der Waals surface area contributed by atoms with Crippen LogP contribution in [0.1, 0.15) is 28.4 Å². The summed E-state index contributed by atoms with van der Waals surface area (Å²) >= 11 is 1.89. The second-order valence-electron chi connectivity index (χ2n) is 3.90. The molecule has 2 aromatic heterocycles. The normalized spacial score (nSPS) is 12.6. The van der Waals surface area contributed by atoms with Crippen molar-refractivity contribution < 1.29 is 0 Å². The van der Waals surface area contributed by atoms with Crippen LogP contribution in [-0.2, 0) is 12.8 Å². The minimum absolute atomic E-state index is 0.265. The number of nitrogens with one attached hydrogen (secondary N) is 1. The average Bonchev–Trinajstić information content (AvgIpc) is 2.84. The van der Waals surface area contributed by atoms with Crippen molar-refractivity contribution >= 4 is 11.3 Å². The lowest BCUT2D eigenvalue weighted by molar-refractivity contribution is 0.578. The van der Waals surface area contributed by atoms with Gasteiger partial charge in [-0.05, 0) is 31.7 Å². The Morgan fingerprint density at radius 3 is 2.71 bits per heavy atom. The first-order valence-electron chi connectivity index (χ1n) is 5.84. The van der Waals surface area contributed by atoms with E-state index >= 15 is 0 Å². The van der Waals surface area contributed by atoms with Gasteiger partial charge < -0.3 is 5.32 Å². The fourth-order valence-corrected chi connectivity index (χ4v) is 2.79. The van der Waals surface area contributed by atoms with E-state index in [0.717, 1.165) is 18.5 Å². The molecule has 4 heteroatoms. The second-order valence-corrected chi connectivity index (χ2v) is 5.15. The van der Waals surface area contributed by atoms with E-state index in [1.165, 1.54) is 9.75 Å². The van der Waals surface area contributed by atoms with Crippen LogP contribution in [0.25, 0.3) is 0 Å². The molecular formula is C13H17N3S. The van der Waals surface area contributed by atoms with Crippen molar-refractivity contribution in [2.75, 3.05) is 7.05 Å². The van der Waals surface area contributed by atoms with Crippen LogP contribution in [0.15, 0.2) is 30.7 Å². The molecule has 0 aliphatic rings. The molecule has 2 rings (SSSR count). The van der Waals surface area contributed by atoms with E-state index in [4.69, 9.17) is 0 Å². The van der Waals surface area contributed by atoms with Crippen LogP contribution in [0.5, 0.6) is 0 Å². The van der Waals surface area contributed by atoms with Gasteiger partial charge in [0.2, 0.25) is 0 Å². The first-order valence-corrected chi connectivity index (χ1v) is 6.66. The molecule has 0 bridgehead atoms. The van der Waals surface area contributed by atoms with Crippen LogP contribution in [0.3, 0.4) is 0 Å². The molecule has 2 heterocycles. The Kier molecular flexibility index (Phi) is 4.23. The van der Waals surface area contributed by atoms with Crippen LogP contribution >= 0.6 is 11.3 Å². The fraction of sp³-hybridized carbons (Fsp3) is 0.385. The highest BCUT2D eigenvalue weighted by atomic mass is 32.1. The predicted molar refractivity (Wildman–Crippen MR) is 71.2 cm³/mol. The van der Waals surface area contributed by atoms with Gasteiger partial charge in [-0.2, -0.15) is 0 Å². The van der Waals surface area contributed by atoms with E-state index in [1.54, 1.807) is 12.5 Å². The maximum atomic E-state index is 4.30. The van der Waals surface area contributed by atoms with Crippen LogP contribution < -0.4 is 5.32 Å². The first-order chi connectivity index (χ1) is 8.33. The summed E-state index contributed by atoms with van der Waals surface area (Å²) in [4.78, 5) is 11.1. The molecule has 0 aliphatic carbocycles. The standard InChI is InChI=1S/C13H17N3S/c1-3-10-4-5-11(17-10)8-13(14-2)12-6-7-15-9-16-12/h4-7,9,13-14H,3,8H2,1-2H3. The summed E-state index contributed by atoms with van der Waals surface area (Å²) in [5.74, 6) is 0. The van der Waals surface area contributed by atoms with E-state index in [9.17, 15) is 0 Å². The first kappa shape index (κ1) is 12.2. The van der Waals surface area contributed by atoms with Gasteiger partial charge in [0.15, 0.2) is 0 Å². The van der Waals surface area contributed by atoms with Gasteiger partial charge in [-0.15, -0.1) is 11.3 Å². The van der Waals surface area contributed by atoms with Gasteiger partial charge in [-0.1, -0.05) is 6.92 Å². The van der Waals surface area contributed by atoms with Gasteiger partial charge in [0.05, 0.1) is 11.7 Å². The van der Waals surface area contributed by atoms with E-state index in [-0.39, 0.29) is 6.04 Å². The van der Waals surface area contributed by atoms with Gasteiger partial charge in [-0.25, -0.2) is 9.97 Å². The van der Waals surface area contributed by atoms with Crippen molar-refractivity contribution in [3.63, 3.8) is 0 Å². The molecule has 0 saturated carbocycles. The molecule has 0 amide bonds. The zero-order valence-electron chi connectivity index (χ0n) is 10.2. The van der Waals surface area contributed by atoms with Crippen molar-refractivity contribution in [2.45, 2.75) is 25.8 Å². The molecule has 2 aromatic rings. The van der Waals surface area contributed by atoms with Crippen LogP contribution in [0, 0.1) is 0 Å². The Balaban J connectivity index is 2.10. The minimum atomic E-state index is 0.265. The molecule has 0 aromatic carbocycles. The molecule has 1 N–H and O–H groups in total. The lowest BCUT2D eigenvalue weighted by atomic mass is 10.1. The number of likely N-dealkylation sites (N-methyl/N-ethyl adjacent to an activating group) is 1. The van der Waals surface area contributed by atoms with Gasteiger partial charge in [0, 0.05) is 22.4 Å². The van der Waals surface area contributed by atoms with Crippen LogP contribution in [0.4, 0.5) is 0 Å². The summed E-state index contributed by atoms with van der Waals surface area (Å²) in [6, 6.07) is 6.67. The average molecular weight is 247 g/mol. The second kappa shape index (κ2) is 5.89. The topological polar surface area (TPSA) is 37.8 Å². The molecule has 17 heavy (non-hydrogen) atoms. The summed E-state index contributed by atoms with van der Waals surface area (Å²) in [7, 11) is 1.97. The fourth-order valence-electron chi connectivity index (χ4n) is 1.78. The Morgan fingerprint density at radius 2 is 2.12 bits per heavy atom. The Labute approximate surface area is 106 Å².